The molecular weight excluding hydrogens is 142 g/mol. The van der Waals surface area contributed by atoms with Gasteiger partial charge in [-0.2, -0.15) is 0 Å². The van der Waals surface area contributed by atoms with Crippen LogP contribution in [0.2, 0.25) is 0 Å². The number of allylic oxidation sites excluding steroid dienone is 1. The number of amides is 2. The van der Waals surface area contributed by atoms with Crippen LogP contribution in [0.1, 0.15) is 26.7 Å². The molecule has 3 nitrogen and oxygen atoms in total. The number of nitrogens with one attached hydrogen (secondary N) is 1. The average Bonchev–Trinajstić information content (AvgIpc) is 2.13. The van der Waals surface area contributed by atoms with Crippen molar-refractivity contribution in [3.8, 4) is 0 Å². The van der Waals surface area contributed by atoms with Crippen LogP contribution in [-0.2, 0) is 9.59 Å². The van der Waals surface area contributed by atoms with Crippen LogP contribution >= 0.6 is 0 Å². The second-order valence-electron chi connectivity index (χ2n) is 2.68. The number of carbonyl (C=O) groups is 2. The van der Waals surface area contributed by atoms with Gasteiger partial charge < -0.3 is 0 Å². The molecule has 0 spiro atoms. The van der Waals surface area contributed by atoms with Crippen LogP contribution in [0, 0.1) is 0 Å². The Bertz CT molecular complexity index is 167. The summed E-state index contributed by atoms with van der Waals surface area (Å²) in [5.74, 6) is -0.296. The molecule has 0 bridgehead atoms. The van der Waals surface area contributed by atoms with Crippen molar-refractivity contribution in [2.75, 3.05) is 0 Å². The molecule has 1 heterocycles. The summed E-state index contributed by atoms with van der Waals surface area (Å²) in [5.41, 5.74) is 1.17. The third kappa shape index (κ3) is 6.77. The van der Waals surface area contributed by atoms with Crippen LogP contribution in [0.15, 0.2) is 12.2 Å². The van der Waals surface area contributed by atoms with E-state index in [4.69, 9.17) is 0 Å². The summed E-state index contributed by atoms with van der Waals surface area (Å²) in [6, 6.07) is 0. The van der Waals surface area contributed by atoms with E-state index in [2.05, 4.69) is 11.9 Å². The highest BCUT2D eigenvalue weighted by molar-refractivity contribution is 6.01. The first-order valence-electron chi connectivity index (χ1n) is 3.47. The average molecular weight is 155 g/mol. The Morgan fingerprint density at radius 3 is 1.64 bits per heavy atom. The lowest BCUT2D eigenvalue weighted by Crippen LogP contribution is -2.18. The molecule has 3 heteroatoms. The van der Waals surface area contributed by atoms with E-state index in [9.17, 15) is 9.59 Å². The van der Waals surface area contributed by atoms with Crippen LogP contribution in [0.4, 0.5) is 0 Å². The third-order valence-corrected chi connectivity index (χ3v) is 0.858. The molecule has 1 rings (SSSR count). The minimum absolute atomic E-state index is 0.148. The maximum Gasteiger partial charge on any atom is 0.227 e. The van der Waals surface area contributed by atoms with Crippen molar-refractivity contribution in [1.29, 1.82) is 0 Å². The maximum atomic E-state index is 10.1. The summed E-state index contributed by atoms with van der Waals surface area (Å²) in [6.07, 6.45) is 0.748. The lowest BCUT2D eigenvalue weighted by atomic mass is 10.4. The Labute approximate surface area is 66.5 Å². The number of carbonyl (C=O) groups excluding carboxylic acids is 2. The summed E-state index contributed by atoms with van der Waals surface area (Å²) >= 11 is 0. The molecule has 0 atom stereocenters. The van der Waals surface area contributed by atoms with Crippen LogP contribution < -0.4 is 5.32 Å². The Kier molecular flexibility index (Phi) is 4.18. The number of imide groups is 1. The first-order chi connectivity index (χ1) is 5.02. The molecular formula is C8H13NO2. The number of hydrogen-bond donors (Lipinski definition) is 1. The van der Waals surface area contributed by atoms with E-state index in [1.165, 1.54) is 5.57 Å². The zero-order valence-electron chi connectivity index (χ0n) is 6.94. The Hall–Kier alpha value is -1.12. The molecule has 0 aromatic carbocycles. The standard InChI is InChI=1S/C4H5NO2.C4H8/c6-3-1-2-4(7)5-3;1-4(2)3/h1-2H2,(H,5,6,7);1H2,2-3H3. The van der Waals surface area contributed by atoms with Gasteiger partial charge in [0.05, 0.1) is 0 Å². The summed E-state index contributed by atoms with van der Waals surface area (Å²) in [5, 5.41) is 2.14. The molecule has 1 aliphatic heterocycles. The van der Waals surface area contributed by atoms with E-state index in [1.54, 1.807) is 0 Å². The van der Waals surface area contributed by atoms with Gasteiger partial charge in [0, 0.05) is 12.8 Å². The second kappa shape index (κ2) is 4.66. The fourth-order valence-electron chi connectivity index (χ4n) is 0.508. The van der Waals surface area contributed by atoms with Gasteiger partial charge in [0.25, 0.3) is 0 Å². The van der Waals surface area contributed by atoms with Crippen LogP contribution in [-0.4, -0.2) is 11.8 Å². The molecule has 1 fully saturated rings. The Morgan fingerprint density at radius 2 is 1.55 bits per heavy atom. The molecule has 1 aliphatic rings. The van der Waals surface area contributed by atoms with Crippen molar-refractivity contribution in [3.05, 3.63) is 12.2 Å². The van der Waals surface area contributed by atoms with Crippen molar-refractivity contribution >= 4 is 11.8 Å². The Morgan fingerprint density at radius 1 is 1.27 bits per heavy atom. The van der Waals surface area contributed by atoms with Crippen molar-refractivity contribution in [2.45, 2.75) is 26.7 Å². The summed E-state index contributed by atoms with van der Waals surface area (Å²) in [6.45, 7) is 7.50. The second-order valence-corrected chi connectivity index (χ2v) is 2.68. The molecule has 1 N–H and O–H groups in total. The lowest BCUT2D eigenvalue weighted by molar-refractivity contribution is -0.124. The summed E-state index contributed by atoms with van der Waals surface area (Å²) < 4.78 is 0. The van der Waals surface area contributed by atoms with Gasteiger partial charge in [-0.3, -0.25) is 14.9 Å². The first kappa shape index (κ1) is 9.88. The minimum atomic E-state index is -0.148. The molecule has 0 saturated carbocycles. The smallest absolute Gasteiger partial charge is 0.227 e. The minimum Gasteiger partial charge on any atom is -0.296 e. The van der Waals surface area contributed by atoms with Gasteiger partial charge >= 0.3 is 0 Å². The summed E-state index contributed by atoms with van der Waals surface area (Å²) in [4.78, 5) is 20.2. The van der Waals surface area contributed by atoms with Crippen LogP contribution in [0.3, 0.4) is 0 Å². The summed E-state index contributed by atoms with van der Waals surface area (Å²) in [7, 11) is 0. The van der Waals surface area contributed by atoms with Gasteiger partial charge in [0.2, 0.25) is 11.8 Å². The van der Waals surface area contributed by atoms with Gasteiger partial charge in [-0.1, -0.05) is 5.57 Å². The monoisotopic (exact) mass is 155 g/mol. The molecule has 0 aromatic rings. The fourth-order valence-corrected chi connectivity index (χ4v) is 0.508. The zero-order chi connectivity index (χ0) is 8.85. The molecule has 0 unspecified atom stereocenters. The molecule has 2 amide bonds. The number of rotatable bonds is 0. The third-order valence-electron chi connectivity index (χ3n) is 0.858. The normalized spacial score (nSPS) is 15.1. The van der Waals surface area contributed by atoms with Gasteiger partial charge in [0.15, 0.2) is 0 Å². The van der Waals surface area contributed by atoms with E-state index < -0.39 is 0 Å². The van der Waals surface area contributed by atoms with Crippen molar-refractivity contribution in [3.63, 3.8) is 0 Å². The molecule has 0 aromatic heterocycles. The first-order valence-corrected chi connectivity index (χ1v) is 3.47. The van der Waals surface area contributed by atoms with E-state index >= 15 is 0 Å². The number of hydrogen-bond acceptors (Lipinski definition) is 2. The molecule has 1 saturated heterocycles. The topological polar surface area (TPSA) is 46.2 Å². The maximum absolute atomic E-state index is 10.1. The zero-order valence-corrected chi connectivity index (χ0v) is 6.94. The highest BCUT2D eigenvalue weighted by Gasteiger charge is 2.15. The van der Waals surface area contributed by atoms with Gasteiger partial charge in [-0.05, 0) is 13.8 Å². The molecule has 0 radical (unpaired) electrons. The highest BCUT2D eigenvalue weighted by Crippen LogP contribution is 1.95. The van der Waals surface area contributed by atoms with E-state index in [-0.39, 0.29) is 11.8 Å². The fraction of sp³-hybridized carbons (Fsp3) is 0.500. The van der Waals surface area contributed by atoms with Crippen molar-refractivity contribution in [2.24, 2.45) is 0 Å². The van der Waals surface area contributed by atoms with Gasteiger partial charge in [-0.25, -0.2) is 0 Å². The van der Waals surface area contributed by atoms with Crippen LogP contribution in [0.5, 0.6) is 0 Å². The predicted octanol–water partition coefficient (Wildman–Crippen LogP) is 1.01. The molecule has 11 heavy (non-hydrogen) atoms. The molecule has 0 aliphatic carbocycles. The largest absolute Gasteiger partial charge is 0.296 e. The highest BCUT2D eigenvalue weighted by atomic mass is 16.2. The van der Waals surface area contributed by atoms with Gasteiger partial charge in [-0.15, -0.1) is 6.58 Å². The van der Waals surface area contributed by atoms with E-state index in [0.29, 0.717) is 12.8 Å². The van der Waals surface area contributed by atoms with Gasteiger partial charge in [0.1, 0.15) is 0 Å². The predicted molar refractivity (Wildman–Crippen MR) is 42.9 cm³/mol. The van der Waals surface area contributed by atoms with Crippen molar-refractivity contribution < 1.29 is 9.59 Å². The van der Waals surface area contributed by atoms with E-state index in [0.717, 1.165) is 0 Å². The van der Waals surface area contributed by atoms with E-state index in [1.807, 2.05) is 13.8 Å². The SMILES string of the molecule is C=C(C)C.O=C1CCC(=O)N1. The van der Waals surface area contributed by atoms with Crippen LogP contribution in [0.25, 0.3) is 0 Å². The quantitative estimate of drug-likeness (QED) is 0.419. The lowest BCUT2D eigenvalue weighted by Gasteiger charge is -1.79. The molecule has 62 valence electrons. The van der Waals surface area contributed by atoms with Crippen molar-refractivity contribution in [1.82, 2.24) is 5.32 Å². The Balaban J connectivity index is 0.000000218.